The zero-order chi connectivity index (χ0) is 16.2. The van der Waals surface area contributed by atoms with Gasteiger partial charge in [-0.3, -0.25) is 20.4 Å². The molecular formula is C15H12ClN3O3S. The van der Waals surface area contributed by atoms with Crippen molar-refractivity contribution in [1.82, 2.24) is 10.9 Å². The number of oxime groups is 1. The lowest BCUT2D eigenvalue weighted by Gasteiger charge is -2.10. The van der Waals surface area contributed by atoms with Crippen LogP contribution in [0.1, 0.15) is 21.7 Å². The third-order valence-corrected chi connectivity index (χ3v) is 4.43. The van der Waals surface area contributed by atoms with Crippen LogP contribution in [0.25, 0.3) is 0 Å². The van der Waals surface area contributed by atoms with E-state index >= 15 is 0 Å². The molecule has 8 heteroatoms. The fourth-order valence-corrected chi connectivity index (χ4v) is 3.03. The predicted octanol–water partition coefficient (Wildman–Crippen LogP) is 2.36. The number of hydrogen-bond donors (Lipinski definition) is 2. The van der Waals surface area contributed by atoms with Gasteiger partial charge >= 0.3 is 0 Å². The normalized spacial score (nSPS) is 16.4. The summed E-state index contributed by atoms with van der Waals surface area (Å²) in [7, 11) is 0. The maximum atomic E-state index is 12.0. The SMILES string of the molecule is O=C(NNC(=O)C1CC(c2ccc(Cl)s2)=NO1)c1ccccc1. The zero-order valence-corrected chi connectivity index (χ0v) is 13.4. The first-order chi connectivity index (χ1) is 11.1. The van der Waals surface area contributed by atoms with Crippen LogP contribution in [-0.2, 0) is 9.63 Å². The maximum Gasteiger partial charge on any atom is 0.282 e. The van der Waals surface area contributed by atoms with E-state index in [2.05, 4.69) is 16.0 Å². The molecule has 1 unspecified atom stereocenters. The molecule has 0 saturated heterocycles. The van der Waals surface area contributed by atoms with Crippen LogP contribution in [0.5, 0.6) is 0 Å². The first-order valence-corrected chi connectivity index (χ1v) is 7.96. The molecule has 2 amide bonds. The van der Waals surface area contributed by atoms with E-state index < -0.39 is 17.9 Å². The van der Waals surface area contributed by atoms with Gasteiger partial charge in [-0.15, -0.1) is 11.3 Å². The fraction of sp³-hybridized carbons (Fsp3) is 0.133. The number of hydrogen-bond acceptors (Lipinski definition) is 5. The largest absolute Gasteiger partial charge is 0.382 e. The first-order valence-electron chi connectivity index (χ1n) is 6.77. The summed E-state index contributed by atoms with van der Waals surface area (Å²) in [5.41, 5.74) is 5.80. The van der Waals surface area contributed by atoms with Crippen LogP contribution in [0.2, 0.25) is 4.34 Å². The number of benzene rings is 1. The number of nitrogens with one attached hydrogen (secondary N) is 2. The monoisotopic (exact) mass is 349 g/mol. The minimum absolute atomic E-state index is 0.323. The van der Waals surface area contributed by atoms with Gasteiger partial charge < -0.3 is 4.84 Å². The highest BCUT2D eigenvalue weighted by Gasteiger charge is 2.29. The molecule has 118 valence electrons. The van der Waals surface area contributed by atoms with Crippen molar-refractivity contribution >= 4 is 40.5 Å². The highest BCUT2D eigenvalue weighted by Crippen LogP contribution is 2.26. The summed E-state index contributed by atoms with van der Waals surface area (Å²) in [6.45, 7) is 0. The molecular weight excluding hydrogens is 338 g/mol. The van der Waals surface area contributed by atoms with E-state index in [1.807, 2.05) is 6.07 Å². The van der Waals surface area contributed by atoms with E-state index in [9.17, 15) is 9.59 Å². The molecule has 2 N–H and O–H groups in total. The second-order valence-corrected chi connectivity index (χ2v) is 6.46. The number of halogens is 1. The van der Waals surface area contributed by atoms with Crippen molar-refractivity contribution in [2.45, 2.75) is 12.5 Å². The summed E-state index contributed by atoms with van der Waals surface area (Å²) in [4.78, 5) is 29.8. The predicted molar refractivity (Wildman–Crippen MR) is 87.4 cm³/mol. The molecule has 2 aromatic rings. The second kappa shape index (κ2) is 6.80. The molecule has 0 aliphatic carbocycles. The minimum atomic E-state index is -0.776. The van der Waals surface area contributed by atoms with Crippen LogP contribution >= 0.6 is 22.9 Å². The lowest BCUT2D eigenvalue weighted by molar-refractivity contribution is -0.131. The van der Waals surface area contributed by atoms with Gasteiger partial charge in [0.15, 0.2) is 0 Å². The molecule has 1 aliphatic heterocycles. The Labute approximate surface area is 141 Å². The van der Waals surface area contributed by atoms with Gasteiger partial charge in [0.05, 0.1) is 9.21 Å². The lowest BCUT2D eigenvalue weighted by atomic mass is 10.1. The fourth-order valence-electron chi connectivity index (χ4n) is 1.99. The molecule has 2 heterocycles. The number of carbonyl (C=O) groups is 2. The summed E-state index contributed by atoms with van der Waals surface area (Å²) in [6, 6.07) is 12.2. The molecule has 0 fully saturated rings. The Morgan fingerprint density at radius 2 is 1.96 bits per heavy atom. The Balaban J connectivity index is 1.51. The topological polar surface area (TPSA) is 79.8 Å². The summed E-state index contributed by atoms with van der Waals surface area (Å²) in [5, 5.41) is 3.90. The van der Waals surface area contributed by atoms with Crippen molar-refractivity contribution in [3.8, 4) is 0 Å². The highest BCUT2D eigenvalue weighted by molar-refractivity contribution is 7.18. The Morgan fingerprint density at radius 3 is 2.65 bits per heavy atom. The number of carbonyl (C=O) groups excluding carboxylic acids is 2. The van der Waals surface area contributed by atoms with Crippen molar-refractivity contribution in [3.63, 3.8) is 0 Å². The van der Waals surface area contributed by atoms with Gasteiger partial charge in [-0.2, -0.15) is 0 Å². The Bertz CT molecular complexity index is 760. The van der Waals surface area contributed by atoms with Crippen LogP contribution < -0.4 is 10.9 Å². The number of rotatable bonds is 3. The van der Waals surface area contributed by atoms with E-state index in [0.717, 1.165) is 4.88 Å². The Morgan fingerprint density at radius 1 is 1.17 bits per heavy atom. The standard InChI is InChI=1S/C15H12ClN3O3S/c16-13-7-6-12(23-13)10-8-11(22-19-10)15(21)18-17-14(20)9-4-2-1-3-5-9/h1-7,11H,8H2,(H,17,20)(H,18,21). The molecule has 1 aliphatic rings. The van der Waals surface area contributed by atoms with Gasteiger partial charge in [-0.1, -0.05) is 35.0 Å². The molecule has 1 atom stereocenters. The molecule has 0 radical (unpaired) electrons. The van der Waals surface area contributed by atoms with Gasteiger partial charge in [0, 0.05) is 12.0 Å². The van der Waals surface area contributed by atoms with E-state index in [-0.39, 0.29) is 0 Å². The second-order valence-electron chi connectivity index (χ2n) is 4.75. The van der Waals surface area contributed by atoms with Gasteiger partial charge in [0.1, 0.15) is 5.71 Å². The molecule has 0 bridgehead atoms. The average molecular weight is 350 g/mol. The molecule has 3 rings (SSSR count). The van der Waals surface area contributed by atoms with Crippen molar-refractivity contribution in [2.24, 2.45) is 5.16 Å². The van der Waals surface area contributed by atoms with Crippen LogP contribution in [-0.4, -0.2) is 23.6 Å². The van der Waals surface area contributed by atoms with E-state index in [4.69, 9.17) is 16.4 Å². The number of hydrazine groups is 1. The van der Waals surface area contributed by atoms with Crippen LogP contribution in [0, 0.1) is 0 Å². The minimum Gasteiger partial charge on any atom is -0.382 e. The molecule has 6 nitrogen and oxygen atoms in total. The maximum absolute atomic E-state index is 12.0. The molecule has 23 heavy (non-hydrogen) atoms. The van der Waals surface area contributed by atoms with E-state index in [1.165, 1.54) is 11.3 Å². The third-order valence-electron chi connectivity index (χ3n) is 3.15. The third kappa shape index (κ3) is 3.69. The quantitative estimate of drug-likeness (QED) is 0.835. The molecule has 0 spiro atoms. The van der Waals surface area contributed by atoms with Crippen LogP contribution in [0.3, 0.4) is 0 Å². The smallest absolute Gasteiger partial charge is 0.282 e. The Hall–Kier alpha value is -2.38. The number of thiophene rings is 1. The number of nitrogens with zero attached hydrogens (tertiary/aromatic N) is 1. The zero-order valence-electron chi connectivity index (χ0n) is 11.8. The highest BCUT2D eigenvalue weighted by atomic mass is 35.5. The molecule has 1 aromatic carbocycles. The Kier molecular flexibility index (Phi) is 4.59. The van der Waals surface area contributed by atoms with Crippen molar-refractivity contribution in [2.75, 3.05) is 0 Å². The van der Waals surface area contributed by atoms with Crippen molar-refractivity contribution in [1.29, 1.82) is 0 Å². The first kappa shape index (κ1) is 15.5. The van der Waals surface area contributed by atoms with Gasteiger partial charge in [0.25, 0.3) is 11.8 Å². The van der Waals surface area contributed by atoms with E-state index in [1.54, 1.807) is 36.4 Å². The summed E-state index contributed by atoms with van der Waals surface area (Å²) in [5.74, 6) is -0.862. The van der Waals surface area contributed by atoms with Crippen LogP contribution in [0.4, 0.5) is 0 Å². The van der Waals surface area contributed by atoms with Crippen LogP contribution in [0.15, 0.2) is 47.6 Å². The molecule has 1 aromatic heterocycles. The summed E-state index contributed by atoms with van der Waals surface area (Å²) >= 11 is 7.24. The van der Waals surface area contributed by atoms with Gasteiger partial charge in [-0.25, -0.2) is 0 Å². The van der Waals surface area contributed by atoms with Gasteiger partial charge in [0.2, 0.25) is 6.10 Å². The van der Waals surface area contributed by atoms with Crippen molar-refractivity contribution in [3.05, 3.63) is 57.2 Å². The van der Waals surface area contributed by atoms with Gasteiger partial charge in [-0.05, 0) is 24.3 Å². The molecule has 0 saturated carbocycles. The average Bonchev–Trinajstić information content (AvgIpc) is 3.22. The summed E-state index contributed by atoms with van der Waals surface area (Å²) < 4.78 is 0.644. The van der Waals surface area contributed by atoms with E-state index in [0.29, 0.717) is 22.0 Å². The number of amides is 2. The van der Waals surface area contributed by atoms with Crippen molar-refractivity contribution < 1.29 is 14.4 Å². The summed E-state index contributed by atoms with van der Waals surface area (Å²) in [6.07, 6.45) is -0.453. The lowest BCUT2D eigenvalue weighted by Crippen LogP contribution is -2.46.